The number of nitrogens with zero attached hydrogens (tertiary/aromatic N) is 2. The van der Waals surface area contributed by atoms with E-state index in [1.54, 1.807) is 24.3 Å². The molecule has 0 atom stereocenters. The van der Waals surface area contributed by atoms with Crippen molar-refractivity contribution in [3.05, 3.63) is 52.6 Å². The van der Waals surface area contributed by atoms with Crippen molar-refractivity contribution < 1.29 is 19.2 Å². The van der Waals surface area contributed by atoms with E-state index in [2.05, 4.69) is 4.99 Å². The monoisotopic (exact) mass is 286 g/mol. The van der Waals surface area contributed by atoms with Crippen LogP contribution in [0.15, 0.2) is 47.5 Å². The summed E-state index contributed by atoms with van der Waals surface area (Å²) < 4.78 is 10.7. The fraction of sp³-hybridized carbons (Fsp3) is 0.0714. The van der Waals surface area contributed by atoms with Crippen molar-refractivity contribution >= 4 is 17.5 Å². The van der Waals surface area contributed by atoms with Gasteiger partial charge in [0.1, 0.15) is 5.75 Å². The lowest BCUT2D eigenvalue weighted by Crippen LogP contribution is -1.92. The fourth-order valence-corrected chi connectivity index (χ4v) is 1.68. The van der Waals surface area contributed by atoms with E-state index in [9.17, 15) is 14.9 Å². The smallest absolute Gasteiger partial charge is 0.275 e. The van der Waals surface area contributed by atoms with Gasteiger partial charge in [-0.1, -0.05) is 12.1 Å². The first-order valence-electron chi connectivity index (χ1n) is 5.82. The van der Waals surface area contributed by atoms with Crippen LogP contribution in [-0.2, 0) is 4.79 Å². The van der Waals surface area contributed by atoms with Crippen LogP contribution >= 0.6 is 0 Å². The van der Waals surface area contributed by atoms with E-state index in [1.165, 1.54) is 25.3 Å². The Morgan fingerprint density at radius 3 is 2.52 bits per heavy atom. The molecule has 0 saturated heterocycles. The van der Waals surface area contributed by atoms with Gasteiger partial charge in [0.15, 0.2) is 11.5 Å². The first-order valence-corrected chi connectivity index (χ1v) is 5.82. The number of hydrogen-bond donors (Lipinski definition) is 0. The zero-order chi connectivity index (χ0) is 15.2. The highest BCUT2D eigenvalue weighted by Crippen LogP contribution is 2.34. The number of nitro benzene ring substituents is 1. The molecule has 0 aliphatic rings. The van der Waals surface area contributed by atoms with Crippen molar-refractivity contribution in [1.82, 2.24) is 0 Å². The van der Waals surface area contributed by atoms with E-state index in [1.807, 2.05) is 0 Å². The molecular formula is C14H10N2O5. The van der Waals surface area contributed by atoms with Crippen LogP contribution in [0.25, 0.3) is 0 Å². The highest BCUT2D eigenvalue weighted by atomic mass is 16.6. The van der Waals surface area contributed by atoms with Crippen molar-refractivity contribution in [3.8, 4) is 17.2 Å². The molecule has 0 N–H and O–H groups in total. The number of benzene rings is 2. The molecule has 0 aliphatic heterocycles. The summed E-state index contributed by atoms with van der Waals surface area (Å²) in [5.74, 6) is 1.04. The number of non-ortho nitro benzene ring substituents is 1. The lowest BCUT2D eigenvalue weighted by atomic mass is 10.2. The van der Waals surface area contributed by atoms with Crippen LogP contribution in [0.1, 0.15) is 0 Å². The molecule has 0 heterocycles. The van der Waals surface area contributed by atoms with Crippen LogP contribution in [0.5, 0.6) is 17.2 Å². The van der Waals surface area contributed by atoms with Gasteiger partial charge in [0.2, 0.25) is 6.08 Å². The standard InChI is InChI=1S/C14H10N2O5/c1-20-13-4-2-3-5-14(13)21-12-7-10(15-9-17)6-11(8-12)16(18)19/h2-8H,1H3. The van der Waals surface area contributed by atoms with Crippen LogP contribution in [0.3, 0.4) is 0 Å². The third kappa shape index (κ3) is 3.43. The normalized spacial score (nSPS) is 9.57. The minimum atomic E-state index is -0.598. The van der Waals surface area contributed by atoms with E-state index >= 15 is 0 Å². The average Bonchev–Trinajstić information content (AvgIpc) is 2.48. The summed E-state index contributed by atoms with van der Waals surface area (Å²) in [6.45, 7) is 0. The van der Waals surface area contributed by atoms with Crippen LogP contribution in [0.2, 0.25) is 0 Å². The third-order valence-corrected chi connectivity index (χ3v) is 2.56. The minimum Gasteiger partial charge on any atom is -0.493 e. The molecule has 106 valence electrons. The second-order valence-corrected chi connectivity index (χ2v) is 3.90. The Hall–Kier alpha value is -3.18. The maximum atomic E-state index is 10.9. The highest BCUT2D eigenvalue weighted by Gasteiger charge is 2.12. The predicted octanol–water partition coefficient (Wildman–Crippen LogP) is 3.36. The van der Waals surface area contributed by atoms with E-state index in [-0.39, 0.29) is 17.1 Å². The summed E-state index contributed by atoms with van der Waals surface area (Å²) in [5.41, 5.74) is -0.152. The molecule has 7 nitrogen and oxygen atoms in total. The Kier molecular flexibility index (Phi) is 4.28. The van der Waals surface area contributed by atoms with Gasteiger partial charge >= 0.3 is 0 Å². The van der Waals surface area contributed by atoms with Gasteiger partial charge in [-0.25, -0.2) is 4.79 Å². The predicted molar refractivity (Wildman–Crippen MR) is 73.9 cm³/mol. The molecule has 2 rings (SSSR count). The number of ether oxygens (including phenoxy) is 2. The van der Waals surface area contributed by atoms with Gasteiger partial charge in [-0.05, 0) is 12.1 Å². The molecule has 21 heavy (non-hydrogen) atoms. The molecule has 0 saturated carbocycles. The summed E-state index contributed by atoms with van der Waals surface area (Å²) in [7, 11) is 1.48. The average molecular weight is 286 g/mol. The first kappa shape index (κ1) is 14.2. The lowest BCUT2D eigenvalue weighted by molar-refractivity contribution is -0.384. The lowest BCUT2D eigenvalue weighted by Gasteiger charge is -2.10. The van der Waals surface area contributed by atoms with E-state index in [0.717, 1.165) is 6.07 Å². The molecular weight excluding hydrogens is 276 g/mol. The summed E-state index contributed by atoms with van der Waals surface area (Å²) >= 11 is 0. The van der Waals surface area contributed by atoms with Gasteiger partial charge in [-0.3, -0.25) is 10.1 Å². The number of methoxy groups -OCH3 is 1. The molecule has 2 aromatic rings. The zero-order valence-corrected chi connectivity index (χ0v) is 11.0. The topological polar surface area (TPSA) is 91.0 Å². The quantitative estimate of drug-likeness (QED) is 0.364. The number of isocyanates is 1. The highest BCUT2D eigenvalue weighted by molar-refractivity contribution is 5.58. The number of para-hydroxylation sites is 2. The molecule has 0 spiro atoms. The molecule has 0 fully saturated rings. The number of aliphatic imine (C=N–C) groups is 1. The number of nitro groups is 1. The van der Waals surface area contributed by atoms with Crippen molar-refractivity contribution in [3.63, 3.8) is 0 Å². The van der Waals surface area contributed by atoms with Gasteiger partial charge in [0.25, 0.3) is 5.69 Å². The van der Waals surface area contributed by atoms with E-state index in [0.29, 0.717) is 11.5 Å². The Labute approximate surface area is 119 Å². The molecule has 0 bridgehead atoms. The van der Waals surface area contributed by atoms with E-state index in [4.69, 9.17) is 9.47 Å². The number of carbonyl (C=O) groups excluding carboxylic acids is 1. The summed E-state index contributed by atoms with van der Waals surface area (Å²) in [4.78, 5) is 23.9. The van der Waals surface area contributed by atoms with Gasteiger partial charge in [-0.2, -0.15) is 4.99 Å². The van der Waals surface area contributed by atoms with Crippen molar-refractivity contribution in [2.75, 3.05) is 7.11 Å². The maximum absolute atomic E-state index is 10.9. The molecule has 0 aromatic heterocycles. The SMILES string of the molecule is COc1ccccc1Oc1cc(N=C=O)cc([N+](=O)[O-])c1. The van der Waals surface area contributed by atoms with Gasteiger partial charge in [-0.15, -0.1) is 0 Å². The fourth-order valence-electron chi connectivity index (χ4n) is 1.68. The van der Waals surface area contributed by atoms with Crippen molar-refractivity contribution in [2.45, 2.75) is 0 Å². The Bertz CT molecular complexity index is 703. The number of hydrogen-bond acceptors (Lipinski definition) is 6. The second kappa shape index (κ2) is 6.31. The molecule has 0 amide bonds. The molecule has 0 aliphatic carbocycles. The Morgan fingerprint density at radius 2 is 1.90 bits per heavy atom. The number of rotatable bonds is 5. The van der Waals surface area contributed by atoms with Crippen LogP contribution < -0.4 is 9.47 Å². The maximum Gasteiger partial charge on any atom is 0.275 e. The Morgan fingerprint density at radius 1 is 1.19 bits per heavy atom. The second-order valence-electron chi connectivity index (χ2n) is 3.90. The Balaban J connectivity index is 2.43. The van der Waals surface area contributed by atoms with Gasteiger partial charge in [0.05, 0.1) is 23.8 Å². The zero-order valence-electron chi connectivity index (χ0n) is 11.0. The van der Waals surface area contributed by atoms with E-state index < -0.39 is 4.92 Å². The minimum absolute atomic E-state index is 0.0871. The van der Waals surface area contributed by atoms with Crippen LogP contribution in [-0.4, -0.2) is 18.1 Å². The van der Waals surface area contributed by atoms with Gasteiger partial charge < -0.3 is 9.47 Å². The molecule has 2 aromatic carbocycles. The van der Waals surface area contributed by atoms with Crippen LogP contribution in [0.4, 0.5) is 11.4 Å². The first-order chi connectivity index (χ1) is 10.1. The molecule has 7 heteroatoms. The molecule has 0 unspecified atom stereocenters. The van der Waals surface area contributed by atoms with Gasteiger partial charge in [0, 0.05) is 12.1 Å². The largest absolute Gasteiger partial charge is 0.493 e. The van der Waals surface area contributed by atoms with Crippen molar-refractivity contribution in [1.29, 1.82) is 0 Å². The third-order valence-electron chi connectivity index (χ3n) is 2.56. The summed E-state index contributed by atoms with van der Waals surface area (Å²) in [5, 5.41) is 10.9. The van der Waals surface area contributed by atoms with Crippen LogP contribution in [0, 0.1) is 10.1 Å². The summed E-state index contributed by atoms with van der Waals surface area (Å²) in [6, 6.07) is 10.6. The van der Waals surface area contributed by atoms with Crippen molar-refractivity contribution in [2.24, 2.45) is 4.99 Å². The molecule has 0 radical (unpaired) electrons. The summed E-state index contributed by atoms with van der Waals surface area (Å²) in [6.07, 6.45) is 1.34.